The van der Waals surface area contributed by atoms with Crippen molar-refractivity contribution in [3.63, 3.8) is 0 Å². The number of rotatable bonds is 5. The first-order valence-electron chi connectivity index (χ1n) is 11.1. The number of hydrogen-bond donors (Lipinski definition) is 0. The van der Waals surface area contributed by atoms with Crippen molar-refractivity contribution in [2.24, 2.45) is 0 Å². The quantitative estimate of drug-likeness (QED) is 0.651. The standard InChI is InChI=1S/C26H30N2O3/c1-17(2)31-22-12-9-20(10-13-22)23-24(27-14-6-5-7-15-27)26(30)28(25(23)29)21-11-8-18(3)19(4)16-21/h8-13,16-17H,5-7,14-15H2,1-4H3. The van der Waals surface area contributed by atoms with Crippen LogP contribution in [0.25, 0.3) is 5.57 Å². The number of benzene rings is 2. The molecular weight excluding hydrogens is 388 g/mol. The first-order valence-corrected chi connectivity index (χ1v) is 11.1. The normalized spacial score (nSPS) is 17.2. The number of imide groups is 1. The summed E-state index contributed by atoms with van der Waals surface area (Å²) in [5.74, 6) is 0.265. The van der Waals surface area contributed by atoms with Crippen LogP contribution in [-0.4, -0.2) is 35.9 Å². The highest BCUT2D eigenvalue weighted by Crippen LogP contribution is 2.36. The molecule has 2 amide bonds. The van der Waals surface area contributed by atoms with Crippen molar-refractivity contribution in [3.8, 4) is 5.75 Å². The summed E-state index contributed by atoms with van der Waals surface area (Å²) in [5.41, 5.74) is 4.58. The molecule has 2 aromatic carbocycles. The van der Waals surface area contributed by atoms with Crippen LogP contribution >= 0.6 is 0 Å². The smallest absolute Gasteiger partial charge is 0.282 e. The van der Waals surface area contributed by atoms with Gasteiger partial charge >= 0.3 is 0 Å². The second-order valence-electron chi connectivity index (χ2n) is 8.68. The number of piperidine rings is 1. The Morgan fingerprint density at radius 3 is 2.13 bits per heavy atom. The van der Waals surface area contributed by atoms with Gasteiger partial charge in [0.05, 0.1) is 17.4 Å². The maximum Gasteiger partial charge on any atom is 0.282 e. The number of amides is 2. The Bertz CT molecular complexity index is 1030. The maximum absolute atomic E-state index is 13.6. The largest absolute Gasteiger partial charge is 0.491 e. The minimum absolute atomic E-state index is 0.0731. The minimum atomic E-state index is -0.258. The van der Waals surface area contributed by atoms with Crippen molar-refractivity contribution >= 4 is 23.1 Å². The number of ether oxygens (including phenoxy) is 1. The molecule has 162 valence electrons. The number of aryl methyl sites for hydroxylation is 2. The minimum Gasteiger partial charge on any atom is -0.491 e. The molecule has 0 spiro atoms. The summed E-state index contributed by atoms with van der Waals surface area (Å²) in [6.07, 6.45) is 3.29. The van der Waals surface area contributed by atoms with E-state index in [2.05, 4.69) is 4.90 Å². The van der Waals surface area contributed by atoms with Gasteiger partial charge in [-0.2, -0.15) is 0 Å². The lowest BCUT2D eigenvalue weighted by atomic mass is 10.0. The molecule has 2 aromatic rings. The highest BCUT2D eigenvalue weighted by Gasteiger charge is 2.42. The van der Waals surface area contributed by atoms with Gasteiger partial charge in [-0.1, -0.05) is 18.2 Å². The monoisotopic (exact) mass is 418 g/mol. The molecule has 2 heterocycles. The van der Waals surface area contributed by atoms with E-state index < -0.39 is 0 Å². The van der Waals surface area contributed by atoms with Crippen molar-refractivity contribution in [1.82, 2.24) is 4.90 Å². The molecule has 0 saturated carbocycles. The van der Waals surface area contributed by atoms with E-state index in [9.17, 15) is 9.59 Å². The van der Waals surface area contributed by atoms with E-state index in [1.165, 1.54) is 4.90 Å². The summed E-state index contributed by atoms with van der Waals surface area (Å²) in [7, 11) is 0. The fraction of sp³-hybridized carbons (Fsp3) is 0.385. The molecule has 5 nitrogen and oxygen atoms in total. The first kappa shape index (κ1) is 21.2. The predicted molar refractivity (Wildman–Crippen MR) is 123 cm³/mol. The lowest BCUT2D eigenvalue weighted by Gasteiger charge is -2.29. The zero-order valence-electron chi connectivity index (χ0n) is 18.8. The van der Waals surface area contributed by atoms with Crippen molar-refractivity contribution < 1.29 is 14.3 Å². The number of anilines is 1. The maximum atomic E-state index is 13.6. The molecule has 2 aliphatic heterocycles. The number of carbonyl (C=O) groups is 2. The van der Waals surface area contributed by atoms with Crippen LogP contribution in [-0.2, 0) is 9.59 Å². The van der Waals surface area contributed by atoms with Crippen molar-refractivity contribution in [2.45, 2.75) is 53.1 Å². The summed E-state index contributed by atoms with van der Waals surface area (Å²) >= 11 is 0. The Morgan fingerprint density at radius 2 is 1.52 bits per heavy atom. The highest BCUT2D eigenvalue weighted by molar-refractivity contribution is 6.45. The zero-order chi connectivity index (χ0) is 22.1. The van der Waals surface area contributed by atoms with Crippen LogP contribution in [0.15, 0.2) is 48.2 Å². The van der Waals surface area contributed by atoms with Crippen LogP contribution in [0.2, 0.25) is 0 Å². The molecule has 4 rings (SSSR count). The van der Waals surface area contributed by atoms with Gasteiger partial charge in [0.15, 0.2) is 0 Å². The van der Waals surface area contributed by atoms with Gasteiger partial charge in [-0.25, -0.2) is 4.90 Å². The number of likely N-dealkylation sites (tertiary alicyclic amines) is 1. The molecule has 0 aliphatic carbocycles. The number of nitrogens with zero attached hydrogens (tertiary/aromatic N) is 2. The second kappa shape index (κ2) is 8.58. The fourth-order valence-corrected chi connectivity index (χ4v) is 4.26. The van der Waals surface area contributed by atoms with Gasteiger partial charge in [0.1, 0.15) is 11.4 Å². The van der Waals surface area contributed by atoms with E-state index in [1.807, 2.05) is 70.2 Å². The van der Waals surface area contributed by atoms with Crippen molar-refractivity contribution in [2.75, 3.05) is 18.0 Å². The molecule has 0 unspecified atom stereocenters. The summed E-state index contributed by atoms with van der Waals surface area (Å²) in [4.78, 5) is 30.6. The molecule has 0 N–H and O–H groups in total. The Morgan fingerprint density at radius 1 is 0.839 bits per heavy atom. The molecule has 1 saturated heterocycles. The first-order chi connectivity index (χ1) is 14.9. The van der Waals surface area contributed by atoms with Crippen LogP contribution in [0.1, 0.15) is 49.8 Å². The van der Waals surface area contributed by atoms with Crippen LogP contribution < -0.4 is 9.64 Å². The number of hydrogen-bond acceptors (Lipinski definition) is 4. The summed E-state index contributed by atoms with van der Waals surface area (Å²) in [6, 6.07) is 13.2. The molecule has 0 bridgehead atoms. The van der Waals surface area contributed by atoms with E-state index in [4.69, 9.17) is 4.74 Å². The molecule has 0 atom stereocenters. The zero-order valence-corrected chi connectivity index (χ0v) is 18.8. The third-order valence-electron chi connectivity index (χ3n) is 6.00. The highest BCUT2D eigenvalue weighted by atomic mass is 16.5. The third-order valence-corrected chi connectivity index (χ3v) is 6.00. The van der Waals surface area contributed by atoms with E-state index in [0.29, 0.717) is 17.0 Å². The van der Waals surface area contributed by atoms with Gasteiger partial charge in [0, 0.05) is 13.1 Å². The predicted octanol–water partition coefficient (Wildman–Crippen LogP) is 4.86. The van der Waals surface area contributed by atoms with E-state index >= 15 is 0 Å². The Balaban J connectivity index is 1.77. The van der Waals surface area contributed by atoms with Crippen molar-refractivity contribution in [1.29, 1.82) is 0 Å². The Labute approximate surface area is 184 Å². The molecule has 0 radical (unpaired) electrons. The molecule has 0 aromatic heterocycles. The molecule has 31 heavy (non-hydrogen) atoms. The van der Waals surface area contributed by atoms with Gasteiger partial charge in [-0.05, 0) is 87.9 Å². The Hall–Kier alpha value is -3.08. The summed E-state index contributed by atoms with van der Waals surface area (Å²) in [5, 5.41) is 0. The Kier molecular flexibility index (Phi) is 5.86. The second-order valence-corrected chi connectivity index (χ2v) is 8.68. The fourth-order valence-electron chi connectivity index (χ4n) is 4.26. The number of carbonyl (C=O) groups excluding carboxylic acids is 2. The van der Waals surface area contributed by atoms with Gasteiger partial charge in [-0.15, -0.1) is 0 Å². The lowest BCUT2D eigenvalue weighted by Crippen LogP contribution is -2.37. The third kappa shape index (κ3) is 4.09. The topological polar surface area (TPSA) is 49.9 Å². The summed E-state index contributed by atoms with van der Waals surface area (Å²) < 4.78 is 5.75. The SMILES string of the molecule is Cc1ccc(N2C(=O)C(c3ccc(OC(C)C)cc3)=C(N3CCCCC3)C2=O)cc1C. The van der Waals surface area contributed by atoms with Gasteiger partial charge in [-0.3, -0.25) is 9.59 Å². The van der Waals surface area contributed by atoms with E-state index in [-0.39, 0.29) is 17.9 Å². The van der Waals surface area contributed by atoms with E-state index in [1.54, 1.807) is 0 Å². The average Bonchev–Trinajstić information content (AvgIpc) is 3.01. The van der Waals surface area contributed by atoms with Gasteiger partial charge in [0.25, 0.3) is 11.8 Å². The van der Waals surface area contributed by atoms with E-state index in [0.717, 1.165) is 54.8 Å². The molecule has 1 fully saturated rings. The van der Waals surface area contributed by atoms with Crippen molar-refractivity contribution in [3.05, 3.63) is 64.9 Å². The van der Waals surface area contributed by atoms with Gasteiger partial charge in [0.2, 0.25) is 0 Å². The molecule has 2 aliphatic rings. The summed E-state index contributed by atoms with van der Waals surface area (Å²) in [6.45, 7) is 9.57. The molecular formula is C26H30N2O3. The van der Waals surface area contributed by atoms with Crippen LogP contribution in [0.4, 0.5) is 5.69 Å². The van der Waals surface area contributed by atoms with Crippen LogP contribution in [0.3, 0.4) is 0 Å². The van der Waals surface area contributed by atoms with Gasteiger partial charge < -0.3 is 9.64 Å². The average molecular weight is 419 g/mol. The molecule has 5 heteroatoms. The van der Waals surface area contributed by atoms with Crippen LogP contribution in [0.5, 0.6) is 5.75 Å². The van der Waals surface area contributed by atoms with Crippen LogP contribution in [0, 0.1) is 13.8 Å². The lowest BCUT2D eigenvalue weighted by molar-refractivity contribution is -0.120.